The molecule has 2 saturated heterocycles. The molecule has 2 aliphatic heterocycles. The van der Waals surface area contributed by atoms with Crippen LogP contribution in [0, 0.1) is 12.8 Å². The average Bonchev–Trinajstić information content (AvgIpc) is 3.16. The van der Waals surface area contributed by atoms with Gasteiger partial charge in [-0.2, -0.15) is 0 Å². The summed E-state index contributed by atoms with van der Waals surface area (Å²) < 4.78 is 0. The molecule has 2 heterocycles. The van der Waals surface area contributed by atoms with Gasteiger partial charge in [-0.25, -0.2) is 0 Å². The first-order valence-corrected chi connectivity index (χ1v) is 9.26. The molecular weight excluding hydrogens is 316 g/mol. The van der Waals surface area contributed by atoms with Gasteiger partial charge in [0.2, 0.25) is 11.8 Å². The number of aliphatic hydroxyl groups excluding tert-OH is 1. The van der Waals surface area contributed by atoms with E-state index >= 15 is 0 Å². The van der Waals surface area contributed by atoms with Gasteiger partial charge < -0.3 is 14.9 Å². The molecule has 3 rings (SSSR count). The van der Waals surface area contributed by atoms with Crippen molar-refractivity contribution in [2.45, 2.75) is 58.2 Å². The van der Waals surface area contributed by atoms with E-state index in [0.717, 1.165) is 24.9 Å². The van der Waals surface area contributed by atoms with E-state index in [2.05, 4.69) is 0 Å². The Balaban J connectivity index is 1.61. The zero-order chi connectivity index (χ0) is 18.0. The van der Waals surface area contributed by atoms with Gasteiger partial charge in [-0.15, -0.1) is 0 Å². The van der Waals surface area contributed by atoms with Crippen LogP contribution < -0.4 is 0 Å². The highest BCUT2D eigenvalue weighted by molar-refractivity contribution is 5.89. The number of hydrogen-bond acceptors (Lipinski definition) is 3. The van der Waals surface area contributed by atoms with Crippen molar-refractivity contribution < 1.29 is 14.7 Å². The first-order chi connectivity index (χ1) is 11.9. The van der Waals surface area contributed by atoms with E-state index in [4.69, 9.17) is 0 Å². The van der Waals surface area contributed by atoms with Crippen LogP contribution >= 0.6 is 0 Å². The van der Waals surface area contributed by atoms with Gasteiger partial charge in [0.15, 0.2) is 0 Å². The second-order valence-electron chi connectivity index (χ2n) is 7.57. The molecule has 1 aromatic rings. The fourth-order valence-corrected chi connectivity index (χ4v) is 4.00. The number of aryl methyl sites for hydroxylation is 1. The lowest BCUT2D eigenvalue weighted by Crippen LogP contribution is -2.41. The van der Waals surface area contributed by atoms with Gasteiger partial charge in [0, 0.05) is 32.1 Å². The van der Waals surface area contributed by atoms with E-state index in [0.29, 0.717) is 25.9 Å². The van der Waals surface area contributed by atoms with E-state index in [1.54, 1.807) is 11.8 Å². The Labute approximate surface area is 149 Å². The third kappa shape index (κ3) is 4.21. The summed E-state index contributed by atoms with van der Waals surface area (Å²) in [5.41, 5.74) is 2.29. The van der Waals surface area contributed by atoms with Gasteiger partial charge in [0.25, 0.3) is 0 Å². The molecule has 5 nitrogen and oxygen atoms in total. The number of aliphatic hydroxyl groups is 1. The van der Waals surface area contributed by atoms with Gasteiger partial charge in [-0.3, -0.25) is 9.59 Å². The summed E-state index contributed by atoms with van der Waals surface area (Å²) in [7, 11) is 0. The second kappa shape index (κ2) is 7.56. The first kappa shape index (κ1) is 17.9. The maximum Gasteiger partial charge on any atom is 0.228 e. The lowest BCUT2D eigenvalue weighted by molar-refractivity contribution is -0.137. The summed E-state index contributed by atoms with van der Waals surface area (Å²) in [4.78, 5) is 28.9. The van der Waals surface area contributed by atoms with Crippen molar-refractivity contribution in [2.75, 3.05) is 13.1 Å². The number of amides is 2. The highest BCUT2D eigenvalue weighted by Gasteiger charge is 2.39. The van der Waals surface area contributed by atoms with Crippen molar-refractivity contribution in [2.24, 2.45) is 5.92 Å². The molecule has 0 spiro atoms. The van der Waals surface area contributed by atoms with Crippen LogP contribution in [0.4, 0.5) is 0 Å². The maximum absolute atomic E-state index is 12.9. The molecule has 1 aromatic carbocycles. The minimum Gasteiger partial charge on any atom is -0.393 e. The van der Waals surface area contributed by atoms with E-state index in [9.17, 15) is 14.7 Å². The third-order valence-corrected chi connectivity index (χ3v) is 5.33. The van der Waals surface area contributed by atoms with E-state index < -0.39 is 6.10 Å². The molecule has 5 heteroatoms. The predicted octanol–water partition coefficient (Wildman–Crippen LogP) is 2.11. The van der Waals surface area contributed by atoms with E-state index in [1.807, 2.05) is 36.1 Å². The number of rotatable bonds is 5. The number of likely N-dealkylation sites (tertiary alicyclic amines) is 2. The van der Waals surface area contributed by atoms with Gasteiger partial charge >= 0.3 is 0 Å². The van der Waals surface area contributed by atoms with Crippen LogP contribution in [-0.2, 0) is 16.1 Å². The second-order valence-corrected chi connectivity index (χ2v) is 7.57. The average molecular weight is 344 g/mol. The lowest BCUT2D eigenvalue weighted by atomic mass is 10.0. The SMILES string of the molecule is Cc1ccc(CN2CC(C(=O)N3CCCC3CC(C)O)CC2=O)cc1. The van der Waals surface area contributed by atoms with Crippen LogP contribution in [0.2, 0.25) is 0 Å². The number of benzene rings is 1. The summed E-state index contributed by atoms with van der Waals surface area (Å²) in [5.74, 6) is -0.0966. The van der Waals surface area contributed by atoms with Crippen LogP contribution in [0.15, 0.2) is 24.3 Å². The molecule has 0 bridgehead atoms. The van der Waals surface area contributed by atoms with Gasteiger partial charge in [0.1, 0.15) is 0 Å². The van der Waals surface area contributed by atoms with Crippen LogP contribution in [-0.4, -0.2) is 52.0 Å². The molecule has 1 N–H and O–H groups in total. The number of carbonyl (C=O) groups is 2. The Morgan fingerprint density at radius 3 is 2.72 bits per heavy atom. The van der Waals surface area contributed by atoms with Crippen molar-refractivity contribution in [3.63, 3.8) is 0 Å². The summed E-state index contributed by atoms with van der Waals surface area (Å²) in [6.45, 7) is 5.63. The molecule has 2 aliphatic rings. The normalized spacial score (nSPS) is 24.8. The van der Waals surface area contributed by atoms with Crippen LogP contribution in [0.5, 0.6) is 0 Å². The number of hydrogen-bond donors (Lipinski definition) is 1. The van der Waals surface area contributed by atoms with Gasteiger partial charge in [-0.05, 0) is 38.7 Å². The number of nitrogens with zero attached hydrogens (tertiary/aromatic N) is 2. The summed E-state index contributed by atoms with van der Waals surface area (Å²) >= 11 is 0. The molecule has 3 unspecified atom stereocenters. The standard InChI is InChI=1S/C20H28N2O3/c1-14-5-7-16(8-6-14)12-21-13-17(11-19(21)24)20(25)22-9-3-4-18(22)10-15(2)23/h5-8,15,17-18,23H,3-4,9-13H2,1-2H3. The van der Waals surface area contributed by atoms with Crippen molar-refractivity contribution >= 4 is 11.8 Å². The quantitative estimate of drug-likeness (QED) is 0.890. The molecule has 136 valence electrons. The monoisotopic (exact) mass is 344 g/mol. The zero-order valence-electron chi connectivity index (χ0n) is 15.1. The van der Waals surface area contributed by atoms with Crippen molar-refractivity contribution in [3.8, 4) is 0 Å². The highest BCUT2D eigenvalue weighted by Crippen LogP contribution is 2.28. The zero-order valence-corrected chi connectivity index (χ0v) is 15.1. The molecule has 0 saturated carbocycles. The molecule has 0 radical (unpaired) electrons. The van der Waals surface area contributed by atoms with Crippen LogP contribution in [0.25, 0.3) is 0 Å². The topological polar surface area (TPSA) is 60.9 Å². The van der Waals surface area contributed by atoms with Crippen LogP contribution in [0.1, 0.15) is 43.7 Å². The summed E-state index contributed by atoms with van der Waals surface area (Å²) in [5, 5.41) is 9.65. The van der Waals surface area contributed by atoms with Crippen LogP contribution in [0.3, 0.4) is 0 Å². The van der Waals surface area contributed by atoms with Gasteiger partial charge in [0.05, 0.1) is 12.0 Å². The first-order valence-electron chi connectivity index (χ1n) is 9.26. The fourth-order valence-electron chi connectivity index (χ4n) is 4.00. The summed E-state index contributed by atoms with van der Waals surface area (Å²) in [6.07, 6.45) is 2.46. The Morgan fingerprint density at radius 1 is 1.32 bits per heavy atom. The third-order valence-electron chi connectivity index (χ3n) is 5.33. The minimum absolute atomic E-state index is 0.0604. The maximum atomic E-state index is 12.9. The van der Waals surface area contributed by atoms with E-state index in [1.165, 1.54) is 5.56 Å². The molecule has 2 fully saturated rings. The molecule has 3 atom stereocenters. The Morgan fingerprint density at radius 2 is 2.04 bits per heavy atom. The van der Waals surface area contributed by atoms with Gasteiger partial charge in [-0.1, -0.05) is 29.8 Å². The molecule has 0 aromatic heterocycles. The Bertz CT molecular complexity index is 626. The highest BCUT2D eigenvalue weighted by atomic mass is 16.3. The Hall–Kier alpha value is -1.88. The molecule has 0 aliphatic carbocycles. The summed E-state index contributed by atoms with van der Waals surface area (Å²) in [6, 6.07) is 8.29. The number of carbonyl (C=O) groups excluding carboxylic acids is 2. The van der Waals surface area contributed by atoms with Crippen molar-refractivity contribution in [3.05, 3.63) is 35.4 Å². The van der Waals surface area contributed by atoms with Crippen molar-refractivity contribution in [1.82, 2.24) is 9.80 Å². The largest absolute Gasteiger partial charge is 0.393 e. The lowest BCUT2D eigenvalue weighted by Gasteiger charge is -2.28. The van der Waals surface area contributed by atoms with E-state index in [-0.39, 0.29) is 23.8 Å². The Kier molecular flexibility index (Phi) is 5.42. The smallest absolute Gasteiger partial charge is 0.228 e. The minimum atomic E-state index is -0.401. The predicted molar refractivity (Wildman–Crippen MR) is 95.7 cm³/mol. The molecule has 25 heavy (non-hydrogen) atoms. The molecular formula is C20H28N2O3. The fraction of sp³-hybridized carbons (Fsp3) is 0.600. The van der Waals surface area contributed by atoms with Crippen molar-refractivity contribution in [1.29, 1.82) is 0 Å². The molecule has 2 amide bonds.